The molecule has 0 saturated heterocycles. The molecule has 2 aromatic rings. The van der Waals surface area contributed by atoms with Gasteiger partial charge in [-0.2, -0.15) is 0 Å². The maximum atomic E-state index is 12.3. The highest BCUT2D eigenvalue weighted by Gasteiger charge is 2.37. The highest BCUT2D eigenvalue weighted by molar-refractivity contribution is 9.10. The van der Waals surface area contributed by atoms with Gasteiger partial charge in [-0.05, 0) is 71.9 Å². The van der Waals surface area contributed by atoms with Crippen LogP contribution in [0, 0.1) is 13.8 Å². The van der Waals surface area contributed by atoms with Crippen molar-refractivity contribution in [2.45, 2.75) is 26.7 Å². The van der Waals surface area contributed by atoms with Crippen LogP contribution in [0.15, 0.2) is 40.9 Å². The van der Waals surface area contributed by atoms with Gasteiger partial charge in [0.05, 0.1) is 17.9 Å². The molecule has 3 rings (SSSR count). The SMILES string of the molecule is Cc1cc(Br)c2c(c1)C(=O)C(=O)N2CCCCOc1ccccc1C. The number of unbranched alkanes of at least 4 members (excludes halogenated alkanes) is 1. The first-order chi connectivity index (χ1) is 12.0. The predicted molar refractivity (Wildman–Crippen MR) is 101 cm³/mol. The Morgan fingerprint density at radius 2 is 1.84 bits per heavy atom. The molecule has 0 unspecified atom stereocenters. The van der Waals surface area contributed by atoms with Crippen LogP contribution >= 0.6 is 15.9 Å². The summed E-state index contributed by atoms with van der Waals surface area (Å²) in [4.78, 5) is 26.0. The van der Waals surface area contributed by atoms with Crippen LogP contribution in [0.2, 0.25) is 0 Å². The van der Waals surface area contributed by atoms with Crippen LogP contribution < -0.4 is 9.64 Å². The van der Waals surface area contributed by atoms with Crippen LogP contribution in [0.25, 0.3) is 0 Å². The summed E-state index contributed by atoms with van der Waals surface area (Å²) in [7, 11) is 0. The Morgan fingerprint density at radius 3 is 2.60 bits per heavy atom. The van der Waals surface area contributed by atoms with Gasteiger partial charge >= 0.3 is 0 Å². The number of halogens is 1. The number of carbonyl (C=O) groups excluding carboxylic acids is 2. The molecule has 1 amide bonds. The molecule has 0 fully saturated rings. The number of ketones is 1. The van der Waals surface area contributed by atoms with Crippen molar-refractivity contribution < 1.29 is 14.3 Å². The molecular weight excluding hydrogens is 382 g/mol. The number of ether oxygens (including phenoxy) is 1. The third kappa shape index (κ3) is 3.61. The van der Waals surface area contributed by atoms with E-state index in [-0.39, 0.29) is 0 Å². The van der Waals surface area contributed by atoms with Gasteiger partial charge in [-0.1, -0.05) is 18.2 Å². The number of anilines is 1. The number of benzene rings is 2. The van der Waals surface area contributed by atoms with E-state index in [9.17, 15) is 9.59 Å². The zero-order valence-corrected chi connectivity index (χ0v) is 15.9. The lowest BCUT2D eigenvalue weighted by atomic mass is 10.1. The molecule has 1 aliphatic rings. The van der Waals surface area contributed by atoms with Crippen molar-refractivity contribution >= 4 is 33.3 Å². The zero-order valence-electron chi connectivity index (χ0n) is 14.3. The van der Waals surface area contributed by atoms with Gasteiger partial charge in [-0.3, -0.25) is 9.59 Å². The average molecular weight is 402 g/mol. The number of nitrogens with zero attached hydrogens (tertiary/aromatic N) is 1. The van der Waals surface area contributed by atoms with E-state index in [1.54, 1.807) is 11.0 Å². The Balaban J connectivity index is 1.59. The number of aryl methyl sites for hydroxylation is 2. The van der Waals surface area contributed by atoms with Crippen LogP contribution in [-0.4, -0.2) is 24.8 Å². The van der Waals surface area contributed by atoms with Crippen molar-refractivity contribution in [3.05, 3.63) is 57.6 Å². The van der Waals surface area contributed by atoms with Crippen molar-refractivity contribution in [1.29, 1.82) is 0 Å². The number of fused-ring (bicyclic) bond motifs is 1. The van der Waals surface area contributed by atoms with E-state index in [1.807, 2.05) is 44.2 Å². The Kier molecular flexibility index (Phi) is 5.23. The summed E-state index contributed by atoms with van der Waals surface area (Å²) in [6, 6.07) is 11.6. The Bertz CT molecular complexity index is 832. The van der Waals surface area contributed by atoms with E-state index in [4.69, 9.17) is 4.74 Å². The molecule has 1 aliphatic heterocycles. The van der Waals surface area contributed by atoms with Crippen molar-refractivity contribution in [2.24, 2.45) is 0 Å². The minimum absolute atomic E-state index is 0.421. The third-order valence-electron chi connectivity index (χ3n) is 4.29. The molecule has 2 aromatic carbocycles. The summed E-state index contributed by atoms with van der Waals surface area (Å²) in [6.45, 7) is 5.02. The summed E-state index contributed by atoms with van der Waals surface area (Å²) in [5.74, 6) is 0.0233. The maximum absolute atomic E-state index is 12.3. The van der Waals surface area contributed by atoms with Crippen LogP contribution in [0.5, 0.6) is 5.75 Å². The van der Waals surface area contributed by atoms with Crippen molar-refractivity contribution in [3.63, 3.8) is 0 Å². The van der Waals surface area contributed by atoms with E-state index in [1.165, 1.54) is 0 Å². The zero-order chi connectivity index (χ0) is 18.0. The van der Waals surface area contributed by atoms with Crippen LogP contribution in [0.4, 0.5) is 5.69 Å². The van der Waals surface area contributed by atoms with E-state index >= 15 is 0 Å². The molecule has 0 radical (unpaired) electrons. The first-order valence-corrected chi connectivity index (χ1v) is 9.13. The number of para-hydroxylation sites is 1. The molecule has 1 heterocycles. The molecule has 5 heteroatoms. The van der Waals surface area contributed by atoms with Gasteiger partial charge in [0.15, 0.2) is 0 Å². The van der Waals surface area contributed by atoms with Gasteiger partial charge in [-0.15, -0.1) is 0 Å². The molecule has 0 aromatic heterocycles. The number of hydrogen-bond donors (Lipinski definition) is 0. The van der Waals surface area contributed by atoms with Gasteiger partial charge in [0, 0.05) is 11.0 Å². The second-order valence-electron chi connectivity index (χ2n) is 6.25. The minimum atomic E-state index is -0.443. The Hall–Kier alpha value is -2.14. The number of hydrogen-bond acceptors (Lipinski definition) is 3. The lowest BCUT2D eigenvalue weighted by Gasteiger charge is -2.18. The number of amides is 1. The quantitative estimate of drug-likeness (QED) is 0.530. The number of rotatable bonds is 6. The van der Waals surface area contributed by atoms with Crippen LogP contribution in [0.3, 0.4) is 0 Å². The summed E-state index contributed by atoms with van der Waals surface area (Å²) in [5, 5.41) is 0. The van der Waals surface area contributed by atoms with Crippen LogP contribution in [-0.2, 0) is 4.79 Å². The van der Waals surface area contributed by atoms with Gasteiger partial charge in [0.1, 0.15) is 5.75 Å². The normalized spacial score (nSPS) is 13.3. The molecule has 25 heavy (non-hydrogen) atoms. The largest absolute Gasteiger partial charge is 0.493 e. The highest BCUT2D eigenvalue weighted by Crippen LogP contribution is 2.37. The summed E-state index contributed by atoms with van der Waals surface area (Å²) < 4.78 is 6.57. The topological polar surface area (TPSA) is 46.6 Å². The molecule has 130 valence electrons. The lowest BCUT2D eigenvalue weighted by Crippen LogP contribution is -2.31. The van der Waals surface area contributed by atoms with Gasteiger partial charge in [0.25, 0.3) is 11.7 Å². The fourth-order valence-electron chi connectivity index (χ4n) is 3.01. The van der Waals surface area contributed by atoms with Gasteiger partial charge in [-0.25, -0.2) is 0 Å². The molecule has 0 atom stereocenters. The first-order valence-electron chi connectivity index (χ1n) is 8.34. The molecule has 0 saturated carbocycles. The first kappa shape index (κ1) is 17.7. The van der Waals surface area contributed by atoms with Gasteiger partial charge in [0.2, 0.25) is 0 Å². The Labute approximate surface area is 155 Å². The van der Waals surface area contributed by atoms with E-state index in [0.717, 1.165) is 34.2 Å². The molecule has 0 bridgehead atoms. The second-order valence-corrected chi connectivity index (χ2v) is 7.10. The molecule has 4 nitrogen and oxygen atoms in total. The fraction of sp³-hybridized carbons (Fsp3) is 0.300. The predicted octanol–water partition coefficient (Wildman–Crippen LogP) is 4.45. The highest BCUT2D eigenvalue weighted by atomic mass is 79.9. The number of carbonyl (C=O) groups is 2. The van der Waals surface area contributed by atoms with Crippen molar-refractivity contribution in [1.82, 2.24) is 0 Å². The van der Waals surface area contributed by atoms with Crippen molar-refractivity contribution in [3.8, 4) is 5.75 Å². The summed E-state index contributed by atoms with van der Waals surface area (Å²) in [6.07, 6.45) is 1.58. The van der Waals surface area contributed by atoms with E-state index < -0.39 is 11.7 Å². The number of Topliss-reactive ketones (excluding diaryl/α,β-unsaturated/α-hetero) is 1. The third-order valence-corrected chi connectivity index (χ3v) is 4.89. The lowest BCUT2D eigenvalue weighted by molar-refractivity contribution is -0.114. The summed E-state index contributed by atoms with van der Waals surface area (Å²) in [5.41, 5.74) is 3.25. The minimum Gasteiger partial charge on any atom is -0.493 e. The standard InChI is InChI=1S/C20H20BrNO3/c1-13-11-15-18(16(21)12-13)22(20(24)19(15)23)9-5-6-10-25-17-8-4-3-7-14(17)2/h3-4,7-8,11-12H,5-6,9-10H2,1-2H3. The monoisotopic (exact) mass is 401 g/mol. The smallest absolute Gasteiger partial charge is 0.299 e. The molecular formula is C20H20BrNO3. The fourth-order valence-corrected chi connectivity index (χ4v) is 3.80. The van der Waals surface area contributed by atoms with Crippen molar-refractivity contribution in [2.75, 3.05) is 18.1 Å². The average Bonchev–Trinajstić information content (AvgIpc) is 2.81. The van der Waals surface area contributed by atoms with E-state index in [2.05, 4.69) is 15.9 Å². The molecule has 0 N–H and O–H groups in total. The maximum Gasteiger partial charge on any atom is 0.299 e. The second kappa shape index (κ2) is 7.40. The molecule has 0 spiro atoms. The van der Waals surface area contributed by atoms with Gasteiger partial charge < -0.3 is 9.64 Å². The van der Waals surface area contributed by atoms with Crippen LogP contribution in [0.1, 0.15) is 34.3 Å². The van der Waals surface area contributed by atoms with E-state index in [0.29, 0.717) is 24.4 Å². The summed E-state index contributed by atoms with van der Waals surface area (Å²) >= 11 is 3.48. The molecule has 0 aliphatic carbocycles. The Morgan fingerprint density at radius 1 is 1.08 bits per heavy atom.